The Hall–Kier alpha value is -1.86. The van der Waals surface area contributed by atoms with Crippen LogP contribution in [0.4, 0.5) is 0 Å². The van der Waals surface area contributed by atoms with Gasteiger partial charge in [0.1, 0.15) is 12.6 Å². The van der Waals surface area contributed by atoms with E-state index in [4.69, 9.17) is 9.84 Å². The van der Waals surface area contributed by atoms with Crippen molar-refractivity contribution in [3.05, 3.63) is 35.9 Å². The van der Waals surface area contributed by atoms with Crippen molar-refractivity contribution in [1.29, 1.82) is 0 Å². The number of ether oxygens (including phenoxy) is 1. The Kier molecular flexibility index (Phi) is 9.01. The van der Waals surface area contributed by atoms with Crippen LogP contribution in [0, 0.1) is 0 Å². The summed E-state index contributed by atoms with van der Waals surface area (Å²) >= 11 is 1.16. The summed E-state index contributed by atoms with van der Waals surface area (Å²) in [4.78, 5) is 34.2. The van der Waals surface area contributed by atoms with E-state index in [1.54, 1.807) is 0 Å². The number of esters is 1. The number of nitrogens with one attached hydrogen (secondary N) is 1. The van der Waals surface area contributed by atoms with Gasteiger partial charge in [0.25, 0.3) is 0 Å². The van der Waals surface area contributed by atoms with E-state index in [0.29, 0.717) is 5.75 Å². The van der Waals surface area contributed by atoms with Gasteiger partial charge in [-0.15, -0.1) is 0 Å². The van der Waals surface area contributed by atoms with E-state index in [0.717, 1.165) is 17.3 Å². The minimum atomic E-state index is -1.09. The minimum Gasteiger partial charge on any atom is -0.480 e. The van der Waals surface area contributed by atoms with Gasteiger partial charge < -0.3 is 9.84 Å². The monoisotopic (exact) mass is 339 g/mol. The topological polar surface area (TPSA) is 92.7 Å². The van der Waals surface area contributed by atoms with Gasteiger partial charge in [0.15, 0.2) is 5.12 Å². The Bertz CT molecular complexity index is 520. The quantitative estimate of drug-likeness (QED) is 0.628. The average Bonchev–Trinajstić information content (AvgIpc) is 2.53. The number of benzene rings is 1. The lowest BCUT2D eigenvalue weighted by Gasteiger charge is -2.13. The van der Waals surface area contributed by atoms with E-state index in [1.165, 1.54) is 0 Å². The summed E-state index contributed by atoms with van der Waals surface area (Å²) in [6, 6.07) is 8.26. The maximum absolute atomic E-state index is 11.6. The molecular weight excluding hydrogens is 318 g/mol. The predicted molar refractivity (Wildman–Crippen MR) is 88.0 cm³/mol. The lowest BCUT2D eigenvalue weighted by molar-refractivity contribution is -0.144. The second-order valence-electron chi connectivity index (χ2n) is 4.76. The van der Waals surface area contributed by atoms with Crippen LogP contribution in [0.5, 0.6) is 0 Å². The molecule has 0 bridgehead atoms. The standard InChI is InChI=1S/C16H21NO5S/c1-2-23-15(19)9-8-13(16(20)21)17-10-14(18)22-11-12-6-4-3-5-7-12/h3-7,13,17H,2,8-11H2,1H3,(H,20,21)/t13-/m0/s1. The second kappa shape index (κ2) is 10.8. The van der Waals surface area contributed by atoms with Crippen LogP contribution in [0.15, 0.2) is 30.3 Å². The Morgan fingerprint density at radius 3 is 2.57 bits per heavy atom. The molecule has 0 saturated carbocycles. The average molecular weight is 339 g/mol. The molecule has 0 radical (unpaired) electrons. The SMILES string of the molecule is CCSC(=O)CC[C@H](NCC(=O)OCc1ccccc1)C(=O)O. The summed E-state index contributed by atoms with van der Waals surface area (Å²) in [5.74, 6) is -0.958. The van der Waals surface area contributed by atoms with Gasteiger partial charge in [-0.25, -0.2) is 0 Å². The van der Waals surface area contributed by atoms with Crippen LogP contribution in [0.1, 0.15) is 25.3 Å². The van der Waals surface area contributed by atoms with Gasteiger partial charge in [-0.2, -0.15) is 0 Å². The summed E-state index contributed by atoms with van der Waals surface area (Å²) < 4.78 is 5.06. The predicted octanol–water partition coefficient (Wildman–Crippen LogP) is 1.83. The Morgan fingerprint density at radius 2 is 1.96 bits per heavy atom. The van der Waals surface area contributed by atoms with E-state index >= 15 is 0 Å². The van der Waals surface area contributed by atoms with E-state index < -0.39 is 18.0 Å². The highest BCUT2D eigenvalue weighted by atomic mass is 32.2. The maximum atomic E-state index is 11.6. The molecule has 1 atom stereocenters. The summed E-state index contributed by atoms with van der Waals surface area (Å²) in [5.41, 5.74) is 0.859. The molecule has 0 aromatic heterocycles. The Labute approximate surface area is 139 Å². The first-order chi connectivity index (χ1) is 11.0. The molecule has 0 aliphatic rings. The molecule has 126 valence electrons. The summed E-state index contributed by atoms with van der Waals surface area (Å²) in [7, 11) is 0. The largest absolute Gasteiger partial charge is 0.480 e. The summed E-state index contributed by atoms with van der Waals surface area (Å²) in [6.45, 7) is 1.79. The molecule has 7 heteroatoms. The van der Waals surface area contributed by atoms with E-state index in [1.807, 2.05) is 37.3 Å². The number of thioether (sulfide) groups is 1. The van der Waals surface area contributed by atoms with Crippen LogP contribution in [-0.2, 0) is 25.7 Å². The zero-order valence-electron chi connectivity index (χ0n) is 13.0. The van der Waals surface area contributed by atoms with Crippen LogP contribution >= 0.6 is 11.8 Å². The highest BCUT2D eigenvalue weighted by molar-refractivity contribution is 8.13. The number of aliphatic carboxylic acids is 1. The van der Waals surface area contributed by atoms with Crippen LogP contribution in [-0.4, -0.2) is 40.5 Å². The first kappa shape index (κ1) is 19.2. The van der Waals surface area contributed by atoms with E-state index in [9.17, 15) is 14.4 Å². The maximum Gasteiger partial charge on any atom is 0.320 e. The van der Waals surface area contributed by atoms with Crippen molar-refractivity contribution in [3.8, 4) is 0 Å². The van der Waals surface area contributed by atoms with Crippen LogP contribution in [0.25, 0.3) is 0 Å². The lowest BCUT2D eigenvalue weighted by atomic mass is 10.1. The molecule has 1 rings (SSSR count). The highest BCUT2D eigenvalue weighted by Gasteiger charge is 2.19. The molecule has 0 aliphatic heterocycles. The van der Waals surface area contributed by atoms with Gasteiger partial charge >= 0.3 is 11.9 Å². The first-order valence-corrected chi connectivity index (χ1v) is 8.32. The minimum absolute atomic E-state index is 0.0489. The number of carbonyl (C=O) groups excluding carboxylic acids is 2. The summed E-state index contributed by atoms with van der Waals surface area (Å²) in [6.07, 6.45) is 0.300. The number of hydrogen-bond donors (Lipinski definition) is 2. The first-order valence-electron chi connectivity index (χ1n) is 7.34. The van der Waals surface area contributed by atoms with Crippen molar-refractivity contribution in [3.63, 3.8) is 0 Å². The van der Waals surface area contributed by atoms with Gasteiger partial charge in [0.05, 0.1) is 6.54 Å². The molecule has 6 nitrogen and oxygen atoms in total. The zero-order chi connectivity index (χ0) is 17.1. The number of hydrogen-bond acceptors (Lipinski definition) is 6. The number of carbonyl (C=O) groups is 3. The number of carboxylic acids is 1. The summed E-state index contributed by atoms with van der Waals surface area (Å²) in [5, 5.41) is 11.7. The molecule has 0 spiro atoms. The van der Waals surface area contributed by atoms with E-state index in [2.05, 4.69) is 5.32 Å². The number of carboxylic acid groups (broad SMARTS) is 1. The molecule has 0 unspecified atom stereocenters. The third-order valence-electron chi connectivity index (χ3n) is 2.98. The number of rotatable bonds is 10. The molecule has 23 heavy (non-hydrogen) atoms. The van der Waals surface area contributed by atoms with Gasteiger partial charge in [0, 0.05) is 6.42 Å². The molecule has 0 saturated heterocycles. The normalized spacial score (nSPS) is 11.7. The third-order valence-corrected chi connectivity index (χ3v) is 3.79. The smallest absolute Gasteiger partial charge is 0.320 e. The molecule has 2 N–H and O–H groups in total. The molecule has 0 heterocycles. The molecule has 1 aromatic carbocycles. The lowest BCUT2D eigenvalue weighted by Crippen LogP contribution is -2.40. The Morgan fingerprint density at radius 1 is 1.26 bits per heavy atom. The van der Waals surface area contributed by atoms with Crippen LogP contribution in [0.3, 0.4) is 0 Å². The fourth-order valence-electron chi connectivity index (χ4n) is 1.80. The van der Waals surface area contributed by atoms with Crippen LogP contribution in [0.2, 0.25) is 0 Å². The van der Waals surface area contributed by atoms with Crippen molar-refractivity contribution < 1.29 is 24.2 Å². The van der Waals surface area contributed by atoms with Crippen molar-refractivity contribution in [2.75, 3.05) is 12.3 Å². The fourth-order valence-corrected chi connectivity index (χ4v) is 2.39. The van der Waals surface area contributed by atoms with Gasteiger partial charge in [-0.05, 0) is 17.7 Å². The van der Waals surface area contributed by atoms with Crippen molar-refractivity contribution in [2.45, 2.75) is 32.4 Å². The molecule has 0 amide bonds. The van der Waals surface area contributed by atoms with Crippen molar-refractivity contribution >= 4 is 28.8 Å². The Balaban J connectivity index is 2.32. The van der Waals surface area contributed by atoms with Gasteiger partial charge in [0.2, 0.25) is 0 Å². The van der Waals surface area contributed by atoms with Gasteiger partial charge in [-0.3, -0.25) is 19.7 Å². The van der Waals surface area contributed by atoms with Crippen LogP contribution < -0.4 is 5.32 Å². The molecular formula is C16H21NO5S. The van der Waals surface area contributed by atoms with E-state index in [-0.39, 0.29) is 31.1 Å². The highest BCUT2D eigenvalue weighted by Crippen LogP contribution is 2.09. The third kappa shape index (κ3) is 8.37. The second-order valence-corrected chi connectivity index (χ2v) is 6.08. The molecule has 0 aliphatic carbocycles. The molecule has 0 fully saturated rings. The van der Waals surface area contributed by atoms with Gasteiger partial charge in [-0.1, -0.05) is 49.0 Å². The zero-order valence-corrected chi connectivity index (χ0v) is 13.8. The van der Waals surface area contributed by atoms with Crippen molar-refractivity contribution in [2.24, 2.45) is 0 Å². The molecule has 1 aromatic rings. The van der Waals surface area contributed by atoms with Crippen molar-refractivity contribution in [1.82, 2.24) is 5.32 Å². The fraction of sp³-hybridized carbons (Fsp3) is 0.438.